The van der Waals surface area contributed by atoms with Crippen LogP contribution < -0.4 is 10.2 Å². The van der Waals surface area contributed by atoms with Crippen LogP contribution in [0.4, 0.5) is 5.82 Å². The quantitative estimate of drug-likeness (QED) is 0.517. The van der Waals surface area contributed by atoms with Crippen LogP contribution >= 0.6 is 0 Å². The molecule has 0 aliphatic carbocycles. The number of carbonyl (C=O) groups is 1. The van der Waals surface area contributed by atoms with Crippen molar-refractivity contribution in [1.29, 1.82) is 0 Å². The number of fused-ring (bicyclic) bond motifs is 1. The van der Waals surface area contributed by atoms with Gasteiger partial charge in [0.05, 0.1) is 22.9 Å². The highest BCUT2D eigenvalue weighted by molar-refractivity contribution is 6.07. The first-order valence-electron chi connectivity index (χ1n) is 11.0. The minimum Gasteiger partial charge on any atom is -0.463 e. The minimum absolute atomic E-state index is 0.179. The van der Waals surface area contributed by atoms with Crippen molar-refractivity contribution in [2.24, 2.45) is 7.05 Å². The molecule has 0 radical (unpaired) electrons. The predicted octanol–water partition coefficient (Wildman–Crippen LogP) is 3.85. The van der Waals surface area contributed by atoms with Gasteiger partial charge in [0.1, 0.15) is 11.5 Å². The van der Waals surface area contributed by atoms with Gasteiger partial charge in [-0.3, -0.25) is 9.48 Å². The van der Waals surface area contributed by atoms with Gasteiger partial charge in [-0.1, -0.05) is 6.07 Å². The van der Waals surface area contributed by atoms with E-state index in [0.717, 1.165) is 35.6 Å². The fraction of sp³-hybridized carbons (Fsp3) is 0.333. The highest BCUT2D eigenvalue weighted by Crippen LogP contribution is 2.27. The highest BCUT2D eigenvalue weighted by atomic mass is 16.3. The molecule has 0 unspecified atom stereocenters. The molecule has 0 aromatic carbocycles. The molecule has 8 nitrogen and oxygen atoms in total. The van der Waals surface area contributed by atoms with Crippen LogP contribution in [-0.4, -0.2) is 38.7 Å². The lowest BCUT2D eigenvalue weighted by molar-refractivity contribution is 0.0952. The summed E-state index contributed by atoms with van der Waals surface area (Å²) in [4.78, 5) is 24.8. The molecule has 1 fully saturated rings. The Bertz CT molecular complexity index is 1240. The third kappa shape index (κ3) is 3.84. The lowest BCUT2D eigenvalue weighted by Crippen LogP contribution is -2.30. The summed E-state index contributed by atoms with van der Waals surface area (Å²) in [5.41, 5.74) is 3.50. The van der Waals surface area contributed by atoms with E-state index in [1.54, 1.807) is 23.1 Å². The number of anilines is 1. The lowest BCUT2D eigenvalue weighted by atomic mass is 10.1. The molecule has 4 aromatic rings. The minimum atomic E-state index is -0.179. The third-order valence-corrected chi connectivity index (χ3v) is 5.93. The molecule has 1 amide bonds. The Labute approximate surface area is 186 Å². The molecule has 1 saturated heterocycles. The molecule has 1 N–H and O–H groups in total. The van der Waals surface area contributed by atoms with Crippen LogP contribution in [0.1, 0.15) is 40.9 Å². The number of nitrogens with zero attached hydrogens (tertiary/aromatic N) is 5. The average Bonchev–Trinajstić information content (AvgIpc) is 3.46. The van der Waals surface area contributed by atoms with E-state index in [1.807, 2.05) is 38.4 Å². The Hall–Kier alpha value is -3.68. The van der Waals surface area contributed by atoms with Gasteiger partial charge in [0.2, 0.25) is 0 Å². The SMILES string of the molecule is Cc1nn(C)c2nc(-c3ccco3)cc(C(=O)NCc3ccc(N4CCCCC4)nc3)c12. The van der Waals surface area contributed by atoms with E-state index in [-0.39, 0.29) is 5.91 Å². The monoisotopic (exact) mass is 430 g/mol. The first-order chi connectivity index (χ1) is 15.6. The molecule has 0 bridgehead atoms. The Kier molecular flexibility index (Phi) is 5.34. The van der Waals surface area contributed by atoms with Crippen LogP contribution in [0.25, 0.3) is 22.5 Å². The second-order valence-electron chi connectivity index (χ2n) is 8.20. The summed E-state index contributed by atoms with van der Waals surface area (Å²) in [5.74, 6) is 1.43. The molecule has 0 atom stereocenters. The number of aryl methyl sites for hydroxylation is 2. The smallest absolute Gasteiger partial charge is 0.252 e. The number of piperidine rings is 1. The van der Waals surface area contributed by atoms with Crippen LogP contribution in [0.2, 0.25) is 0 Å². The van der Waals surface area contributed by atoms with E-state index in [2.05, 4.69) is 25.3 Å². The van der Waals surface area contributed by atoms with Crippen LogP contribution in [0.3, 0.4) is 0 Å². The molecule has 4 aromatic heterocycles. The van der Waals surface area contributed by atoms with Gasteiger partial charge in [0.25, 0.3) is 5.91 Å². The van der Waals surface area contributed by atoms with Gasteiger partial charge < -0.3 is 14.6 Å². The Balaban J connectivity index is 1.37. The zero-order valence-corrected chi connectivity index (χ0v) is 18.3. The average molecular weight is 431 g/mol. The maximum atomic E-state index is 13.2. The van der Waals surface area contributed by atoms with Crippen molar-refractivity contribution >= 4 is 22.8 Å². The molecule has 8 heteroatoms. The van der Waals surface area contributed by atoms with E-state index in [0.29, 0.717) is 29.2 Å². The first-order valence-corrected chi connectivity index (χ1v) is 11.0. The Morgan fingerprint density at radius 2 is 2.03 bits per heavy atom. The molecule has 164 valence electrons. The summed E-state index contributed by atoms with van der Waals surface area (Å²) in [7, 11) is 1.82. The molecule has 0 saturated carbocycles. The largest absolute Gasteiger partial charge is 0.463 e. The summed E-state index contributed by atoms with van der Waals surface area (Å²) in [6.45, 7) is 4.40. The fourth-order valence-corrected chi connectivity index (χ4v) is 4.28. The number of rotatable bonds is 5. The summed E-state index contributed by atoms with van der Waals surface area (Å²) < 4.78 is 7.20. The van der Waals surface area contributed by atoms with Crippen LogP contribution in [0.15, 0.2) is 47.2 Å². The number of carbonyl (C=O) groups excluding carboxylic acids is 1. The van der Waals surface area contributed by atoms with Crippen molar-refractivity contribution < 1.29 is 9.21 Å². The summed E-state index contributed by atoms with van der Waals surface area (Å²) >= 11 is 0. The Morgan fingerprint density at radius 1 is 1.19 bits per heavy atom. The summed E-state index contributed by atoms with van der Waals surface area (Å²) in [5, 5.41) is 8.23. The zero-order valence-electron chi connectivity index (χ0n) is 18.3. The molecule has 32 heavy (non-hydrogen) atoms. The molecule has 0 spiro atoms. The number of hydrogen-bond acceptors (Lipinski definition) is 6. The summed E-state index contributed by atoms with van der Waals surface area (Å²) in [6.07, 6.45) is 7.16. The van der Waals surface area contributed by atoms with Gasteiger partial charge in [-0.05, 0) is 56.0 Å². The van der Waals surface area contributed by atoms with E-state index < -0.39 is 0 Å². The topological polar surface area (TPSA) is 89.1 Å². The highest BCUT2D eigenvalue weighted by Gasteiger charge is 2.20. The molecular weight excluding hydrogens is 404 g/mol. The molecule has 1 aliphatic heterocycles. The lowest BCUT2D eigenvalue weighted by Gasteiger charge is -2.27. The van der Waals surface area contributed by atoms with Gasteiger partial charge in [-0.25, -0.2) is 9.97 Å². The molecule has 1 aliphatic rings. The maximum absolute atomic E-state index is 13.2. The second-order valence-corrected chi connectivity index (χ2v) is 8.20. The number of pyridine rings is 2. The predicted molar refractivity (Wildman–Crippen MR) is 122 cm³/mol. The maximum Gasteiger partial charge on any atom is 0.252 e. The molecule has 5 rings (SSSR count). The zero-order chi connectivity index (χ0) is 22.1. The van der Waals surface area contributed by atoms with Crippen LogP contribution in [-0.2, 0) is 13.6 Å². The van der Waals surface area contributed by atoms with Crippen molar-refractivity contribution in [1.82, 2.24) is 25.1 Å². The van der Waals surface area contributed by atoms with E-state index >= 15 is 0 Å². The summed E-state index contributed by atoms with van der Waals surface area (Å²) in [6, 6.07) is 9.47. The van der Waals surface area contributed by atoms with Crippen molar-refractivity contribution in [3.63, 3.8) is 0 Å². The van der Waals surface area contributed by atoms with Crippen molar-refractivity contribution in [3.05, 3.63) is 59.6 Å². The second kappa shape index (κ2) is 8.45. The number of furan rings is 1. The van der Waals surface area contributed by atoms with Crippen molar-refractivity contribution in [2.45, 2.75) is 32.7 Å². The van der Waals surface area contributed by atoms with Gasteiger partial charge in [0.15, 0.2) is 11.4 Å². The van der Waals surface area contributed by atoms with E-state index in [9.17, 15) is 4.79 Å². The number of hydrogen-bond donors (Lipinski definition) is 1. The number of aromatic nitrogens is 4. The normalized spacial score (nSPS) is 14.1. The van der Waals surface area contributed by atoms with Crippen molar-refractivity contribution in [2.75, 3.05) is 18.0 Å². The van der Waals surface area contributed by atoms with Gasteiger partial charge >= 0.3 is 0 Å². The van der Waals surface area contributed by atoms with Crippen molar-refractivity contribution in [3.8, 4) is 11.5 Å². The molecule has 5 heterocycles. The fourth-order valence-electron chi connectivity index (χ4n) is 4.28. The standard InChI is InChI=1S/C24H26N6O2/c1-16-22-18(13-19(20-7-6-12-32-20)27-23(22)29(2)28-16)24(31)26-15-17-8-9-21(25-14-17)30-10-4-3-5-11-30/h6-9,12-14H,3-5,10-11,15H2,1-2H3,(H,26,31). The van der Waals surface area contributed by atoms with Gasteiger partial charge in [0, 0.05) is 32.9 Å². The first kappa shape index (κ1) is 20.2. The number of amides is 1. The third-order valence-electron chi connectivity index (χ3n) is 5.93. The van der Waals surface area contributed by atoms with E-state index in [4.69, 9.17) is 4.42 Å². The van der Waals surface area contributed by atoms with Crippen LogP contribution in [0, 0.1) is 6.92 Å². The van der Waals surface area contributed by atoms with E-state index in [1.165, 1.54) is 19.3 Å². The number of nitrogens with one attached hydrogen (secondary N) is 1. The van der Waals surface area contributed by atoms with Crippen LogP contribution in [0.5, 0.6) is 0 Å². The Morgan fingerprint density at radius 3 is 2.75 bits per heavy atom. The molecular formula is C24H26N6O2. The van der Waals surface area contributed by atoms with Gasteiger partial charge in [-0.15, -0.1) is 0 Å². The van der Waals surface area contributed by atoms with Gasteiger partial charge in [-0.2, -0.15) is 5.10 Å².